The number of unbranched alkanes of at least 4 members (excludes halogenated alkanes) is 1. The van der Waals surface area contributed by atoms with Crippen LogP contribution in [-0.2, 0) is 16.0 Å². The summed E-state index contributed by atoms with van der Waals surface area (Å²) in [5.74, 6) is -0.163. The second-order valence-electron chi connectivity index (χ2n) is 8.03. The fourth-order valence-corrected chi connectivity index (χ4v) is 4.80. The number of rotatable bonds is 10. The van der Waals surface area contributed by atoms with Gasteiger partial charge in [-0.3, -0.25) is 9.59 Å². The van der Waals surface area contributed by atoms with Gasteiger partial charge in [0.15, 0.2) is 0 Å². The zero-order valence-corrected chi connectivity index (χ0v) is 21.3. The third-order valence-corrected chi connectivity index (χ3v) is 6.88. The molecule has 0 radical (unpaired) electrons. The lowest BCUT2D eigenvalue weighted by Gasteiger charge is -2.16. The highest BCUT2D eigenvalue weighted by atomic mass is 35.5. The number of halogens is 1. The van der Waals surface area contributed by atoms with Gasteiger partial charge in [0.1, 0.15) is 16.4 Å². The Kier molecular flexibility index (Phi) is 8.16. The first-order valence-electron chi connectivity index (χ1n) is 11.7. The molecule has 180 valence electrons. The van der Waals surface area contributed by atoms with E-state index in [9.17, 15) is 9.59 Å². The van der Waals surface area contributed by atoms with E-state index in [1.807, 2.05) is 67.6 Å². The van der Waals surface area contributed by atoms with E-state index in [2.05, 4.69) is 12.2 Å². The van der Waals surface area contributed by atoms with Crippen LogP contribution in [0.1, 0.15) is 32.3 Å². The summed E-state index contributed by atoms with van der Waals surface area (Å²) >= 11 is 7.27. The number of ether oxygens (including phenoxy) is 1. The number of hydrogen-bond acceptors (Lipinski definition) is 5. The Morgan fingerprint density at radius 1 is 0.914 bits per heavy atom. The fraction of sp³-hybridized carbons (Fsp3) is 0.214. The highest BCUT2D eigenvalue weighted by molar-refractivity contribution is 8.04. The topological polar surface area (TPSA) is 58.6 Å². The molecule has 0 bridgehead atoms. The number of imide groups is 1. The van der Waals surface area contributed by atoms with E-state index < -0.39 is 5.91 Å². The summed E-state index contributed by atoms with van der Waals surface area (Å²) in [5.41, 5.74) is 2.57. The molecule has 0 atom stereocenters. The number of hydrogen-bond donors (Lipinski definition) is 1. The second kappa shape index (κ2) is 11.5. The van der Waals surface area contributed by atoms with Crippen LogP contribution < -0.4 is 15.0 Å². The molecule has 0 aliphatic carbocycles. The highest BCUT2D eigenvalue weighted by Gasteiger charge is 2.40. The molecule has 0 fully saturated rings. The maximum atomic E-state index is 13.6. The van der Waals surface area contributed by atoms with Gasteiger partial charge in [-0.05, 0) is 73.9 Å². The van der Waals surface area contributed by atoms with Crippen LogP contribution in [-0.4, -0.2) is 18.4 Å². The summed E-state index contributed by atoms with van der Waals surface area (Å²) in [6.07, 6.45) is 3.17. The van der Waals surface area contributed by atoms with Crippen molar-refractivity contribution in [2.24, 2.45) is 0 Å². The zero-order valence-electron chi connectivity index (χ0n) is 19.7. The SMILES string of the molecule is CCCCc1ccc(N2C(=O)C(Nc3ccccc3OCC)=C(Sc3ccc(Cl)cc3)C2=O)cc1. The average molecular weight is 507 g/mol. The first-order valence-corrected chi connectivity index (χ1v) is 12.9. The largest absolute Gasteiger partial charge is 0.492 e. The Balaban J connectivity index is 1.69. The lowest BCUT2D eigenvalue weighted by Crippen LogP contribution is -2.32. The van der Waals surface area contributed by atoms with Crippen molar-refractivity contribution in [3.8, 4) is 5.75 Å². The predicted octanol–water partition coefficient (Wildman–Crippen LogP) is 7.07. The van der Waals surface area contributed by atoms with Gasteiger partial charge in [-0.15, -0.1) is 0 Å². The summed E-state index contributed by atoms with van der Waals surface area (Å²) in [6, 6.07) is 22.2. The van der Waals surface area contributed by atoms with Crippen molar-refractivity contribution >= 4 is 46.6 Å². The summed E-state index contributed by atoms with van der Waals surface area (Å²) < 4.78 is 5.72. The quantitative estimate of drug-likeness (QED) is 0.298. The third kappa shape index (κ3) is 5.72. The summed E-state index contributed by atoms with van der Waals surface area (Å²) in [4.78, 5) is 29.5. The van der Waals surface area contributed by atoms with Crippen LogP contribution >= 0.6 is 23.4 Å². The predicted molar refractivity (Wildman–Crippen MR) is 143 cm³/mol. The Labute approximate surface area is 215 Å². The van der Waals surface area contributed by atoms with Crippen molar-refractivity contribution in [3.63, 3.8) is 0 Å². The minimum Gasteiger partial charge on any atom is -0.492 e. The second-order valence-corrected chi connectivity index (χ2v) is 9.55. The van der Waals surface area contributed by atoms with Gasteiger partial charge >= 0.3 is 0 Å². The number of thioether (sulfide) groups is 1. The van der Waals surface area contributed by atoms with Gasteiger partial charge < -0.3 is 10.1 Å². The van der Waals surface area contributed by atoms with Crippen molar-refractivity contribution in [2.45, 2.75) is 38.0 Å². The first-order chi connectivity index (χ1) is 17.0. The summed E-state index contributed by atoms with van der Waals surface area (Å²) in [6.45, 7) is 4.53. The lowest BCUT2D eigenvalue weighted by atomic mass is 10.1. The Hall–Kier alpha value is -3.22. The van der Waals surface area contributed by atoms with Crippen LogP contribution in [0.3, 0.4) is 0 Å². The molecule has 4 rings (SSSR count). The van der Waals surface area contributed by atoms with Gasteiger partial charge in [0.25, 0.3) is 11.8 Å². The lowest BCUT2D eigenvalue weighted by molar-refractivity contribution is -0.120. The van der Waals surface area contributed by atoms with E-state index in [0.717, 1.165) is 24.2 Å². The maximum absolute atomic E-state index is 13.6. The van der Waals surface area contributed by atoms with E-state index >= 15 is 0 Å². The number of nitrogens with one attached hydrogen (secondary N) is 1. The Bertz CT molecular complexity index is 1240. The molecule has 35 heavy (non-hydrogen) atoms. The number of anilines is 2. The monoisotopic (exact) mass is 506 g/mol. The molecule has 3 aromatic rings. The molecule has 2 amide bonds. The number of amides is 2. The van der Waals surface area contributed by atoms with Crippen LogP contribution in [0, 0.1) is 0 Å². The van der Waals surface area contributed by atoms with E-state index in [1.54, 1.807) is 12.1 Å². The third-order valence-electron chi connectivity index (χ3n) is 5.54. The molecule has 0 unspecified atom stereocenters. The van der Waals surface area contributed by atoms with Crippen molar-refractivity contribution in [2.75, 3.05) is 16.8 Å². The molecule has 0 saturated heterocycles. The molecule has 1 aliphatic rings. The molecule has 5 nitrogen and oxygen atoms in total. The van der Waals surface area contributed by atoms with Gasteiger partial charge in [-0.1, -0.05) is 61.0 Å². The van der Waals surface area contributed by atoms with Gasteiger partial charge in [-0.25, -0.2) is 4.90 Å². The van der Waals surface area contributed by atoms with Crippen molar-refractivity contribution in [1.82, 2.24) is 0 Å². The molecular formula is C28H27ClN2O3S. The van der Waals surface area contributed by atoms with Gasteiger partial charge in [0.05, 0.1) is 18.0 Å². The number of benzene rings is 3. The van der Waals surface area contributed by atoms with E-state index in [4.69, 9.17) is 16.3 Å². The number of carbonyl (C=O) groups is 2. The van der Waals surface area contributed by atoms with E-state index in [1.165, 1.54) is 22.2 Å². The van der Waals surface area contributed by atoms with Crippen molar-refractivity contribution in [3.05, 3.63) is 94.0 Å². The minimum absolute atomic E-state index is 0.220. The Morgan fingerprint density at radius 3 is 2.31 bits per heavy atom. The molecular weight excluding hydrogens is 480 g/mol. The van der Waals surface area contributed by atoms with Gasteiger partial charge in [0, 0.05) is 9.92 Å². The van der Waals surface area contributed by atoms with Gasteiger partial charge in [-0.2, -0.15) is 0 Å². The Morgan fingerprint density at radius 2 is 1.63 bits per heavy atom. The molecule has 1 N–H and O–H groups in total. The molecule has 1 heterocycles. The fourth-order valence-electron chi connectivity index (χ4n) is 3.75. The molecule has 7 heteroatoms. The number of para-hydroxylation sites is 2. The maximum Gasteiger partial charge on any atom is 0.283 e. The van der Waals surface area contributed by atoms with E-state index in [-0.39, 0.29) is 11.6 Å². The number of carbonyl (C=O) groups excluding carboxylic acids is 2. The van der Waals surface area contributed by atoms with Crippen molar-refractivity contribution < 1.29 is 14.3 Å². The molecule has 3 aromatic carbocycles. The standard InChI is InChI=1S/C28H27ClN2O3S/c1-3-5-8-19-11-15-21(16-12-19)31-27(32)25(30-23-9-6-7-10-24(23)34-4-2)26(28(31)33)35-22-17-13-20(29)14-18-22/h6-7,9-18,30H,3-5,8H2,1-2H3. The number of aryl methyl sites for hydroxylation is 1. The zero-order chi connectivity index (χ0) is 24.8. The van der Waals surface area contributed by atoms with Crippen LogP contribution in [0.4, 0.5) is 11.4 Å². The van der Waals surface area contributed by atoms with Crippen LogP contribution in [0.2, 0.25) is 5.02 Å². The number of nitrogens with zero attached hydrogens (tertiary/aromatic N) is 1. The molecule has 0 spiro atoms. The molecule has 0 saturated carbocycles. The molecule has 1 aliphatic heterocycles. The van der Waals surface area contributed by atoms with E-state index in [0.29, 0.717) is 33.7 Å². The highest BCUT2D eigenvalue weighted by Crippen LogP contribution is 2.39. The smallest absolute Gasteiger partial charge is 0.283 e. The van der Waals surface area contributed by atoms with Crippen LogP contribution in [0.15, 0.2) is 88.3 Å². The van der Waals surface area contributed by atoms with Gasteiger partial charge in [0.2, 0.25) is 0 Å². The normalized spacial score (nSPS) is 13.5. The first kappa shape index (κ1) is 24.9. The van der Waals surface area contributed by atoms with Crippen molar-refractivity contribution in [1.29, 1.82) is 0 Å². The summed E-state index contributed by atoms with van der Waals surface area (Å²) in [7, 11) is 0. The average Bonchev–Trinajstić information content (AvgIpc) is 3.09. The molecule has 0 aromatic heterocycles. The van der Waals surface area contributed by atoms with Crippen LogP contribution in [0.25, 0.3) is 0 Å². The summed E-state index contributed by atoms with van der Waals surface area (Å²) in [5, 5.41) is 3.79. The van der Waals surface area contributed by atoms with Crippen LogP contribution in [0.5, 0.6) is 5.75 Å². The minimum atomic E-state index is -0.404.